The Balaban J connectivity index is 1.96. The predicted octanol–water partition coefficient (Wildman–Crippen LogP) is 5.88. The van der Waals surface area contributed by atoms with Crippen LogP contribution in [-0.4, -0.2) is 10.3 Å². The third-order valence-electron chi connectivity index (χ3n) is 3.06. The average molecular weight is 303 g/mol. The Labute approximate surface area is 131 Å². The van der Waals surface area contributed by atoms with Crippen LogP contribution in [0.25, 0.3) is 0 Å². The van der Waals surface area contributed by atoms with Crippen molar-refractivity contribution < 1.29 is 0 Å². The summed E-state index contributed by atoms with van der Waals surface area (Å²) in [5.41, 5.74) is 1.44. The summed E-state index contributed by atoms with van der Waals surface area (Å²) in [7, 11) is 0. The molecule has 0 spiro atoms. The van der Waals surface area contributed by atoms with Gasteiger partial charge in [-0.25, -0.2) is 0 Å². The Bertz CT molecular complexity index is 426. The van der Waals surface area contributed by atoms with Crippen molar-refractivity contribution in [1.29, 1.82) is 0 Å². The summed E-state index contributed by atoms with van der Waals surface area (Å²) in [5, 5.41) is 0. The van der Waals surface area contributed by atoms with E-state index in [1.165, 1.54) is 29.1 Å². The van der Waals surface area contributed by atoms with Gasteiger partial charge in [-0.15, -0.1) is 23.5 Å². The predicted molar refractivity (Wildman–Crippen MR) is 93.6 cm³/mol. The maximum Gasteiger partial charge on any atom is 0.0589 e. The molecule has 0 N–H and O–H groups in total. The number of benzene rings is 2. The van der Waals surface area contributed by atoms with E-state index in [9.17, 15) is 0 Å². The van der Waals surface area contributed by atoms with Crippen LogP contribution in [0.4, 0.5) is 0 Å². The number of hydrogen-bond donors (Lipinski definition) is 0. The SMILES string of the molecule is CCCCSC(Cc1ccccc1)Sc1ccccc1. The van der Waals surface area contributed by atoms with Gasteiger partial charge in [0.15, 0.2) is 0 Å². The molecule has 0 aliphatic carbocycles. The summed E-state index contributed by atoms with van der Waals surface area (Å²) in [6.07, 6.45) is 3.72. The van der Waals surface area contributed by atoms with E-state index in [0.717, 1.165) is 6.42 Å². The number of rotatable bonds is 8. The average Bonchev–Trinajstić information content (AvgIpc) is 2.49. The Hall–Kier alpha value is -0.860. The first-order valence-electron chi connectivity index (χ1n) is 7.25. The summed E-state index contributed by atoms with van der Waals surface area (Å²) in [4.78, 5) is 1.37. The molecule has 1 atom stereocenters. The third kappa shape index (κ3) is 5.64. The molecule has 20 heavy (non-hydrogen) atoms. The van der Waals surface area contributed by atoms with Gasteiger partial charge in [0.25, 0.3) is 0 Å². The summed E-state index contributed by atoms with van der Waals surface area (Å²) in [5.74, 6) is 1.26. The van der Waals surface area contributed by atoms with E-state index in [0.29, 0.717) is 4.58 Å². The Kier molecular flexibility index (Phi) is 7.10. The first-order chi connectivity index (χ1) is 9.88. The Morgan fingerprint density at radius 1 is 0.900 bits per heavy atom. The zero-order valence-corrected chi connectivity index (χ0v) is 13.6. The Morgan fingerprint density at radius 2 is 1.55 bits per heavy atom. The summed E-state index contributed by atoms with van der Waals surface area (Å²) < 4.78 is 0.603. The van der Waals surface area contributed by atoms with Crippen LogP contribution in [0.5, 0.6) is 0 Å². The van der Waals surface area contributed by atoms with Crippen LogP contribution in [0.2, 0.25) is 0 Å². The van der Waals surface area contributed by atoms with Crippen LogP contribution in [0.15, 0.2) is 65.6 Å². The third-order valence-corrected chi connectivity index (χ3v) is 5.79. The molecule has 0 radical (unpaired) electrons. The maximum atomic E-state index is 2.26. The molecule has 1 unspecified atom stereocenters. The van der Waals surface area contributed by atoms with Crippen LogP contribution < -0.4 is 0 Å². The molecule has 2 aromatic rings. The molecule has 0 amide bonds. The van der Waals surface area contributed by atoms with Gasteiger partial charge in [0.2, 0.25) is 0 Å². The first kappa shape index (κ1) is 15.5. The van der Waals surface area contributed by atoms with Gasteiger partial charge in [0, 0.05) is 4.90 Å². The highest BCUT2D eigenvalue weighted by Crippen LogP contribution is 2.33. The zero-order valence-electron chi connectivity index (χ0n) is 12.0. The van der Waals surface area contributed by atoms with Crippen molar-refractivity contribution in [3.8, 4) is 0 Å². The minimum Gasteiger partial charge on any atom is -0.147 e. The lowest BCUT2D eigenvalue weighted by Gasteiger charge is -2.16. The van der Waals surface area contributed by atoms with Gasteiger partial charge in [-0.05, 0) is 36.3 Å². The molecule has 0 bridgehead atoms. The van der Waals surface area contributed by atoms with Crippen LogP contribution in [-0.2, 0) is 6.42 Å². The van der Waals surface area contributed by atoms with Crippen LogP contribution >= 0.6 is 23.5 Å². The smallest absolute Gasteiger partial charge is 0.0589 e. The molecule has 0 fully saturated rings. The molecular weight excluding hydrogens is 280 g/mol. The van der Waals surface area contributed by atoms with E-state index in [1.54, 1.807) is 0 Å². The van der Waals surface area contributed by atoms with E-state index in [4.69, 9.17) is 0 Å². The summed E-state index contributed by atoms with van der Waals surface area (Å²) in [6, 6.07) is 21.6. The fourth-order valence-corrected chi connectivity index (χ4v) is 4.77. The fraction of sp³-hybridized carbons (Fsp3) is 0.333. The molecule has 0 saturated heterocycles. The van der Waals surface area contributed by atoms with E-state index < -0.39 is 0 Å². The first-order valence-corrected chi connectivity index (χ1v) is 9.18. The van der Waals surface area contributed by atoms with Crippen molar-refractivity contribution in [2.45, 2.75) is 35.7 Å². The summed E-state index contributed by atoms with van der Waals surface area (Å²) in [6.45, 7) is 2.26. The molecule has 2 aromatic carbocycles. The highest BCUT2D eigenvalue weighted by Gasteiger charge is 2.11. The minimum atomic E-state index is 0.603. The van der Waals surface area contributed by atoms with Crippen molar-refractivity contribution in [3.63, 3.8) is 0 Å². The molecule has 0 aliphatic heterocycles. The molecule has 106 valence electrons. The molecule has 0 nitrogen and oxygen atoms in total. The Morgan fingerprint density at radius 3 is 2.20 bits per heavy atom. The van der Waals surface area contributed by atoms with Gasteiger partial charge >= 0.3 is 0 Å². The zero-order chi connectivity index (χ0) is 14.0. The van der Waals surface area contributed by atoms with Crippen molar-refractivity contribution in [1.82, 2.24) is 0 Å². The lowest BCUT2D eigenvalue weighted by atomic mass is 10.2. The summed E-state index contributed by atoms with van der Waals surface area (Å²) >= 11 is 4.10. The fourth-order valence-electron chi connectivity index (χ4n) is 1.95. The lowest BCUT2D eigenvalue weighted by molar-refractivity contribution is 0.894. The van der Waals surface area contributed by atoms with Gasteiger partial charge < -0.3 is 0 Å². The van der Waals surface area contributed by atoms with Gasteiger partial charge in [0.05, 0.1) is 4.58 Å². The minimum absolute atomic E-state index is 0.603. The molecule has 2 rings (SSSR count). The van der Waals surface area contributed by atoms with Gasteiger partial charge in [-0.3, -0.25) is 0 Å². The molecule has 2 heteroatoms. The molecule has 0 saturated carbocycles. The second kappa shape index (κ2) is 9.15. The van der Waals surface area contributed by atoms with E-state index in [1.807, 2.05) is 11.8 Å². The normalized spacial score (nSPS) is 12.2. The van der Waals surface area contributed by atoms with E-state index in [2.05, 4.69) is 79.3 Å². The highest BCUT2D eigenvalue weighted by molar-refractivity contribution is 8.17. The van der Waals surface area contributed by atoms with E-state index >= 15 is 0 Å². The number of hydrogen-bond acceptors (Lipinski definition) is 2. The van der Waals surface area contributed by atoms with Crippen LogP contribution in [0.1, 0.15) is 25.3 Å². The van der Waals surface area contributed by atoms with Gasteiger partial charge in [-0.1, -0.05) is 61.9 Å². The quantitative estimate of drug-likeness (QED) is 0.339. The van der Waals surface area contributed by atoms with Crippen molar-refractivity contribution >= 4 is 23.5 Å². The maximum absolute atomic E-state index is 2.26. The molecular formula is C18H22S2. The highest BCUT2D eigenvalue weighted by atomic mass is 32.2. The van der Waals surface area contributed by atoms with Crippen molar-refractivity contribution in [3.05, 3.63) is 66.2 Å². The standard InChI is InChI=1S/C18H22S2/c1-2-3-14-19-18(15-16-10-6-4-7-11-16)20-17-12-8-5-9-13-17/h4-13,18H,2-3,14-15H2,1H3. The van der Waals surface area contributed by atoms with Gasteiger partial charge in [-0.2, -0.15) is 0 Å². The number of thioether (sulfide) groups is 2. The second-order valence-corrected chi connectivity index (χ2v) is 7.66. The van der Waals surface area contributed by atoms with Gasteiger partial charge in [0.1, 0.15) is 0 Å². The van der Waals surface area contributed by atoms with Crippen LogP contribution in [0, 0.1) is 0 Å². The van der Waals surface area contributed by atoms with Crippen molar-refractivity contribution in [2.24, 2.45) is 0 Å². The molecule has 0 aromatic heterocycles. The lowest BCUT2D eigenvalue weighted by Crippen LogP contribution is -2.03. The largest absolute Gasteiger partial charge is 0.147 e. The number of unbranched alkanes of at least 4 members (excludes halogenated alkanes) is 1. The monoisotopic (exact) mass is 302 g/mol. The van der Waals surface area contributed by atoms with E-state index in [-0.39, 0.29) is 0 Å². The van der Waals surface area contributed by atoms with Crippen LogP contribution in [0.3, 0.4) is 0 Å². The topological polar surface area (TPSA) is 0 Å². The second-order valence-electron chi connectivity index (χ2n) is 4.77. The molecule has 0 heterocycles. The van der Waals surface area contributed by atoms with Crippen molar-refractivity contribution in [2.75, 3.05) is 5.75 Å². The molecule has 0 aliphatic rings.